The molecule has 0 spiro atoms. The minimum absolute atomic E-state index is 0.169. The Bertz CT molecular complexity index is 2230. The Morgan fingerprint density at radius 1 is 0.977 bits per heavy atom. The molecule has 11 heteroatoms. The molecule has 0 amide bonds. The van der Waals surface area contributed by atoms with Gasteiger partial charge in [0.15, 0.2) is 11.0 Å². The molecular formula is C32H24ClN7O2S. The van der Waals surface area contributed by atoms with Crippen LogP contribution in [0.2, 0.25) is 5.02 Å². The Morgan fingerprint density at radius 3 is 2.58 bits per heavy atom. The fourth-order valence-corrected chi connectivity index (χ4v) is 6.64. The second-order valence-corrected chi connectivity index (χ2v) is 12.0. The summed E-state index contributed by atoms with van der Waals surface area (Å²) in [5.41, 5.74) is 12.5. The summed E-state index contributed by atoms with van der Waals surface area (Å²) in [6.45, 7) is 3.84. The van der Waals surface area contributed by atoms with Gasteiger partial charge in [0.1, 0.15) is 17.3 Å². The number of aromatic nitrogens is 6. The van der Waals surface area contributed by atoms with E-state index in [4.69, 9.17) is 17.3 Å². The number of imidazole rings is 1. The lowest BCUT2D eigenvalue weighted by molar-refractivity contribution is 0.103. The fourth-order valence-electron chi connectivity index (χ4n) is 5.18. The van der Waals surface area contributed by atoms with Crippen LogP contribution in [0.3, 0.4) is 0 Å². The summed E-state index contributed by atoms with van der Waals surface area (Å²) in [5.74, 6) is 0.561. The van der Waals surface area contributed by atoms with Crippen molar-refractivity contribution in [3.8, 4) is 16.8 Å². The number of nitrogens with zero attached hydrogens (tertiary/aromatic N) is 5. The van der Waals surface area contributed by atoms with Gasteiger partial charge >= 0.3 is 0 Å². The number of hydrogen-bond donors (Lipinski definition) is 2. The van der Waals surface area contributed by atoms with Crippen molar-refractivity contribution < 1.29 is 9.00 Å². The Morgan fingerprint density at radius 2 is 1.79 bits per heavy atom. The molecule has 1 atom stereocenters. The van der Waals surface area contributed by atoms with Crippen LogP contribution in [-0.4, -0.2) is 38.7 Å². The molecule has 0 aliphatic carbocycles. The number of H-pyrrole nitrogens is 1. The molecule has 0 radical (unpaired) electrons. The second kappa shape index (κ2) is 10.3. The minimum atomic E-state index is -1.75. The third kappa shape index (κ3) is 4.61. The van der Waals surface area contributed by atoms with Gasteiger partial charge in [-0.3, -0.25) is 13.8 Å². The number of benzene rings is 3. The molecule has 4 heterocycles. The Labute approximate surface area is 253 Å². The molecule has 3 N–H and O–H groups in total. The quantitative estimate of drug-likeness (QED) is 0.211. The van der Waals surface area contributed by atoms with Gasteiger partial charge in [-0.25, -0.2) is 13.9 Å². The van der Waals surface area contributed by atoms with Gasteiger partial charge in [0.25, 0.3) is 0 Å². The van der Waals surface area contributed by atoms with Gasteiger partial charge < -0.3 is 10.7 Å². The number of aromatic amines is 1. The molecule has 0 saturated carbocycles. The highest BCUT2D eigenvalue weighted by Gasteiger charge is 2.26. The maximum atomic E-state index is 14.2. The lowest BCUT2D eigenvalue weighted by Crippen LogP contribution is -2.15. The third-order valence-electron chi connectivity index (χ3n) is 7.34. The van der Waals surface area contributed by atoms with Crippen molar-refractivity contribution in [2.45, 2.75) is 18.7 Å². The molecule has 4 aromatic heterocycles. The molecule has 1 unspecified atom stereocenters. The van der Waals surface area contributed by atoms with E-state index in [1.54, 1.807) is 34.6 Å². The average molecular weight is 606 g/mol. The van der Waals surface area contributed by atoms with Crippen molar-refractivity contribution in [3.63, 3.8) is 0 Å². The van der Waals surface area contributed by atoms with E-state index in [1.165, 1.54) is 10.9 Å². The number of carbonyl (C=O) groups is 1. The van der Waals surface area contributed by atoms with E-state index in [0.29, 0.717) is 21.1 Å². The molecule has 9 nitrogen and oxygen atoms in total. The number of aryl methyl sites for hydroxylation is 2. The lowest BCUT2D eigenvalue weighted by Gasteiger charge is -2.11. The van der Waals surface area contributed by atoms with Crippen LogP contribution in [0.1, 0.15) is 27.4 Å². The summed E-state index contributed by atoms with van der Waals surface area (Å²) in [7, 11) is -1.75. The number of pyridine rings is 1. The first-order valence-electron chi connectivity index (χ1n) is 13.4. The second-order valence-electron chi connectivity index (χ2n) is 10.2. The zero-order valence-electron chi connectivity index (χ0n) is 23.1. The average Bonchev–Trinajstić information content (AvgIpc) is 3.70. The molecule has 0 aliphatic rings. The number of nitrogens with two attached hydrogens (primary N) is 1. The smallest absolute Gasteiger partial charge is 0.215 e. The summed E-state index contributed by atoms with van der Waals surface area (Å²) in [6, 6.07) is 22.2. The SMILES string of the molecule is Cc1ccc(S(=O)n2c(C(=O)c3cnn(-c4ccc5nc(C)[nH]c5c4)c3N)cc3ccc(-c4ccncc4Cl)cc32)cc1. The van der Waals surface area contributed by atoms with Crippen LogP contribution in [0.25, 0.3) is 38.8 Å². The number of ketones is 1. The van der Waals surface area contributed by atoms with E-state index in [9.17, 15) is 9.00 Å². The number of fused-ring (bicyclic) bond motifs is 2. The molecule has 7 rings (SSSR count). The monoisotopic (exact) mass is 605 g/mol. The Kier molecular flexibility index (Phi) is 6.45. The largest absolute Gasteiger partial charge is 0.383 e. The van der Waals surface area contributed by atoms with Gasteiger partial charge in [0, 0.05) is 23.3 Å². The topological polar surface area (TPSA) is 124 Å². The van der Waals surface area contributed by atoms with Crippen LogP contribution in [0.15, 0.2) is 96.3 Å². The highest BCUT2D eigenvalue weighted by molar-refractivity contribution is 7.83. The standard InChI is InChI=1S/C32H24ClN7O2S/c1-18-3-8-23(9-4-18)43(42)40-29-13-20(24-11-12-35-17-26(24)33)5-6-21(29)14-30(40)31(41)25-16-36-39(32(25)34)22-7-10-27-28(15-22)38-19(2)37-27/h3-17H,34H2,1-2H3,(H,37,38). The summed E-state index contributed by atoms with van der Waals surface area (Å²) in [4.78, 5) is 26.5. The molecule has 0 aliphatic heterocycles. The zero-order valence-corrected chi connectivity index (χ0v) is 24.6. The zero-order chi connectivity index (χ0) is 29.8. The first-order valence-corrected chi connectivity index (χ1v) is 14.9. The molecule has 43 heavy (non-hydrogen) atoms. The minimum Gasteiger partial charge on any atom is -0.383 e. The molecule has 212 valence electrons. The van der Waals surface area contributed by atoms with E-state index >= 15 is 0 Å². The van der Waals surface area contributed by atoms with E-state index in [1.807, 2.05) is 68.4 Å². The number of rotatable bonds is 6. The Hall–Kier alpha value is -5.06. The van der Waals surface area contributed by atoms with Crippen LogP contribution in [0.4, 0.5) is 5.82 Å². The molecule has 7 aromatic rings. The lowest BCUT2D eigenvalue weighted by atomic mass is 10.1. The fraction of sp³-hybridized carbons (Fsp3) is 0.0625. The summed E-state index contributed by atoms with van der Waals surface area (Å²) < 4.78 is 17.2. The van der Waals surface area contributed by atoms with Gasteiger partial charge in [-0.05, 0) is 67.9 Å². The van der Waals surface area contributed by atoms with Gasteiger partial charge in [-0.1, -0.05) is 41.4 Å². The van der Waals surface area contributed by atoms with Crippen molar-refractivity contribution in [2.24, 2.45) is 0 Å². The van der Waals surface area contributed by atoms with Gasteiger partial charge in [0.05, 0.1) is 43.9 Å². The maximum absolute atomic E-state index is 14.2. The van der Waals surface area contributed by atoms with Crippen LogP contribution in [-0.2, 0) is 11.0 Å². The summed E-state index contributed by atoms with van der Waals surface area (Å²) in [6.07, 6.45) is 4.68. The van der Waals surface area contributed by atoms with E-state index in [0.717, 1.165) is 38.9 Å². The highest BCUT2D eigenvalue weighted by Crippen LogP contribution is 2.33. The van der Waals surface area contributed by atoms with Crippen molar-refractivity contribution >= 4 is 56.1 Å². The molecule has 0 fully saturated rings. The molecular weight excluding hydrogens is 582 g/mol. The van der Waals surface area contributed by atoms with E-state index in [-0.39, 0.29) is 17.1 Å². The number of nitrogens with one attached hydrogen (secondary N) is 1. The van der Waals surface area contributed by atoms with Crippen LogP contribution in [0, 0.1) is 13.8 Å². The van der Waals surface area contributed by atoms with Crippen molar-refractivity contribution in [1.29, 1.82) is 0 Å². The van der Waals surface area contributed by atoms with Crippen LogP contribution in [0.5, 0.6) is 0 Å². The number of halogens is 1. The molecule has 0 bridgehead atoms. The Balaban J connectivity index is 1.38. The predicted molar refractivity (Wildman–Crippen MR) is 169 cm³/mol. The third-order valence-corrected chi connectivity index (χ3v) is 9.05. The normalized spacial score (nSPS) is 12.3. The number of hydrogen-bond acceptors (Lipinski definition) is 6. The van der Waals surface area contributed by atoms with Crippen molar-refractivity contribution in [1.82, 2.24) is 28.7 Å². The highest BCUT2D eigenvalue weighted by atomic mass is 35.5. The van der Waals surface area contributed by atoms with Crippen molar-refractivity contribution in [2.75, 3.05) is 5.73 Å². The van der Waals surface area contributed by atoms with Gasteiger partial charge in [-0.2, -0.15) is 5.10 Å². The van der Waals surface area contributed by atoms with Crippen LogP contribution < -0.4 is 5.73 Å². The first-order chi connectivity index (χ1) is 20.8. The molecule has 3 aromatic carbocycles. The number of nitrogen functional groups attached to an aromatic ring is 1. The number of anilines is 1. The molecule has 0 saturated heterocycles. The van der Waals surface area contributed by atoms with Gasteiger partial charge in [-0.15, -0.1) is 0 Å². The summed E-state index contributed by atoms with van der Waals surface area (Å²) >= 11 is 6.45. The van der Waals surface area contributed by atoms with Crippen molar-refractivity contribution in [3.05, 3.63) is 119 Å². The van der Waals surface area contributed by atoms with Crippen LogP contribution >= 0.6 is 11.6 Å². The maximum Gasteiger partial charge on any atom is 0.215 e. The number of carbonyl (C=O) groups excluding carboxylic acids is 1. The first kappa shape index (κ1) is 26.8. The summed E-state index contributed by atoms with van der Waals surface area (Å²) in [5, 5.41) is 5.66. The van der Waals surface area contributed by atoms with Gasteiger partial charge in [0.2, 0.25) is 5.78 Å². The predicted octanol–water partition coefficient (Wildman–Crippen LogP) is 6.42. The van der Waals surface area contributed by atoms with E-state index < -0.39 is 16.8 Å². The van der Waals surface area contributed by atoms with E-state index in [2.05, 4.69) is 20.1 Å².